The largest absolute Gasteiger partial charge is 0.327 e. The Kier molecular flexibility index (Phi) is 3.66. The van der Waals surface area contributed by atoms with Gasteiger partial charge in [0.1, 0.15) is 0 Å². The fourth-order valence-electron chi connectivity index (χ4n) is 1.94. The minimum atomic E-state index is -0.770. The Bertz CT molecular complexity index is 180. The minimum absolute atomic E-state index is 0.0808. The van der Waals surface area contributed by atoms with Gasteiger partial charge in [-0.2, -0.15) is 0 Å². The van der Waals surface area contributed by atoms with Gasteiger partial charge in [-0.1, -0.05) is 0 Å². The van der Waals surface area contributed by atoms with Gasteiger partial charge in [0, 0.05) is 12.3 Å². The highest BCUT2D eigenvalue weighted by atomic mass is 35.5. The Labute approximate surface area is 89.7 Å². The number of ether oxygens (including phenoxy) is 3. The lowest BCUT2D eigenvalue weighted by Gasteiger charge is -2.36. The molecular formula is C10H17ClO3. The molecule has 0 N–H and O–H groups in total. The zero-order valence-corrected chi connectivity index (χ0v) is 9.09. The quantitative estimate of drug-likeness (QED) is 0.635. The topological polar surface area (TPSA) is 27.7 Å². The molecule has 2 aliphatic heterocycles. The minimum Gasteiger partial charge on any atom is -0.327 e. The van der Waals surface area contributed by atoms with Gasteiger partial charge < -0.3 is 14.2 Å². The van der Waals surface area contributed by atoms with Gasteiger partial charge in [-0.05, 0) is 25.7 Å². The van der Waals surface area contributed by atoms with Crippen molar-refractivity contribution in [3.8, 4) is 0 Å². The highest BCUT2D eigenvalue weighted by Gasteiger charge is 2.39. The van der Waals surface area contributed by atoms with E-state index in [0.717, 1.165) is 38.7 Å². The summed E-state index contributed by atoms with van der Waals surface area (Å²) in [6.07, 6.45) is 5.09. The number of rotatable bonds is 1. The molecule has 2 aliphatic rings. The molecule has 1 spiro atoms. The van der Waals surface area contributed by atoms with E-state index < -0.39 is 5.97 Å². The summed E-state index contributed by atoms with van der Waals surface area (Å²) in [6, 6.07) is 0. The van der Waals surface area contributed by atoms with Crippen LogP contribution in [0.4, 0.5) is 0 Å². The molecule has 3 nitrogen and oxygen atoms in total. The van der Waals surface area contributed by atoms with Gasteiger partial charge in [0.25, 0.3) is 5.97 Å². The molecule has 0 aliphatic carbocycles. The summed E-state index contributed by atoms with van der Waals surface area (Å²) in [5.74, 6) is -0.247. The second-order valence-corrected chi connectivity index (χ2v) is 4.18. The Morgan fingerprint density at radius 3 is 2.64 bits per heavy atom. The summed E-state index contributed by atoms with van der Waals surface area (Å²) in [6.45, 7) is 1.45. The Hall–Kier alpha value is 0.170. The molecule has 4 heteroatoms. The van der Waals surface area contributed by atoms with E-state index in [1.54, 1.807) is 0 Å². The molecule has 2 unspecified atom stereocenters. The number of alkyl halides is 1. The van der Waals surface area contributed by atoms with E-state index in [4.69, 9.17) is 25.8 Å². The highest BCUT2D eigenvalue weighted by molar-refractivity contribution is 6.18. The molecule has 0 radical (unpaired) electrons. The summed E-state index contributed by atoms with van der Waals surface area (Å²) in [5, 5.41) is 0. The molecule has 0 amide bonds. The molecular weight excluding hydrogens is 204 g/mol. The third-order valence-electron chi connectivity index (χ3n) is 2.71. The first-order chi connectivity index (χ1) is 6.85. The molecule has 2 fully saturated rings. The van der Waals surface area contributed by atoms with Crippen LogP contribution in [0.25, 0.3) is 0 Å². The van der Waals surface area contributed by atoms with Crippen molar-refractivity contribution in [3.63, 3.8) is 0 Å². The summed E-state index contributed by atoms with van der Waals surface area (Å²) >= 11 is 5.82. The third-order valence-corrected chi connectivity index (χ3v) is 3.05. The smallest absolute Gasteiger partial charge is 0.283 e. The zero-order chi connectivity index (χ0) is 9.86. The van der Waals surface area contributed by atoms with Gasteiger partial charge in [0.05, 0.1) is 19.3 Å². The Morgan fingerprint density at radius 1 is 1.14 bits per heavy atom. The van der Waals surface area contributed by atoms with E-state index in [1.165, 1.54) is 0 Å². The first kappa shape index (κ1) is 10.7. The normalized spacial score (nSPS) is 39.6. The van der Waals surface area contributed by atoms with Crippen LogP contribution < -0.4 is 0 Å². The molecule has 0 bridgehead atoms. The first-order valence-electron chi connectivity index (χ1n) is 5.36. The van der Waals surface area contributed by atoms with Crippen LogP contribution in [0.2, 0.25) is 0 Å². The lowest BCUT2D eigenvalue weighted by atomic mass is 10.2. The van der Waals surface area contributed by atoms with Crippen molar-refractivity contribution in [2.75, 3.05) is 19.1 Å². The predicted molar refractivity (Wildman–Crippen MR) is 53.3 cm³/mol. The van der Waals surface area contributed by atoms with Crippen molar-refractivity contribution < 1.29 is 14.2 Å². The lowest BCUT2D eigenvalue weighted by molar-refractivity contribution is -0.396. The summed E-state index contributed by atoms with van der Waals surface area (Å²) in [7, 11) is 0. The SMILES string of the molecule is ClCC1CCCOC2(CCCCO2)O1. The van der Waals surface area contributed by atoms with Gasteiger partial charge in [0.2, 0.25) is 0 Å². The molecule has 0 aromatic rings. The van der Waals surface area contributed by atoms with Gasteiger partial charge in [-0.3, -0.25) is 0 Å². The second kappa shape index (κ2) is 4.79. The zero-order valence-electron chi connectivity index (χ0n) is 8.34. The van der Waals surface area contributed by atoms with Crippen LogP contribution in [0.1, 0.15) is 32.1 Å². The molecule has 2 heterocycles. The van der Waals surface area contributed by atoms with E-state index in [-0.39, 0.29) is 6.10 Å². The molecule has 2 saturated heterocycles. The van der Waals surface area contributed by atoms with Gasteiger partial charge in [-0.15, -0.1) is 11.6 Å². The third kappa shape index (κ3) is 2.40. The monoisotopic (exact) mass is 220 g/mol. The maximum absolute atomic E-state index is 5.82. The van der Waals surface area contributed by atoms with Crippen LogP contribution in [-0.2, 0) is 14.2 Å². The lowest BCUT2D eigenvalue weighted by Crippen LogP contribution is -2.43. The van der Waals surface area contributed by atoms with Crippen molar-refractivity contribution in [1.82, 2.24) is 0 Å². The predicted octanol–water partition coefficient (Wildman–Crippen LogP) is 2.28. The first-order valence-corrected chi connectivity index (χ1v) is 5.90. The van der Waals surface area contributed by atoms with Gasteiger partial charge >= 0.3 is 0 Å². The molecule has 82 valence electrons. The van der Waals surface area contributed by atoms with Crippen LogP contribution >= 0.6 is 11.6 Å². The van der Waals surface area contributed by atoms with Crippen LogP contribution in [0, 0.1) is 0 Å². The van der Waals surface area contributed by atoms with Crippen LogP contribution in [0.15, 0.2) is 0 Å². The molecule has 2 atom stereocenters. The number of hydrogen-bond donors (Lipinski definition) is 0. The maximum atomic E-state index is 5.82. The van der Waals surface area contributed by atoms with E-state index in [2.05, 4.69) is 0 Å². The maximum Gasteiger partial charge on any atom is 0.283 e. The second-order valence-electron chi connectivity index (χ2n) is 3.87. The number of hydrogen-bond acceptors (Lipinski definition) is 3. The van der Waals surface area contributed by atoms with Crippen molar-refractivity contribution in [3.05, 3.63) is 0 Å². The summed E-state index contributed by atoms with van der Waals surface area (Å²) < 4.78 is 17.1. The average molecular weight is 221 g/mol. The van der Waals surface area contributed by atoms with Crippen molar-refractivity contribution in [1.29, 1.82) is 0 Å². The highest BCUT2D eigenvalue weighted by Crippen LogP contribution is 2.32. The fourth-order valence-corrected chi connectivity index (χ4v) is 2.16. The van der Waals surface area contributed by atoms with Crippen LogP contribution in [0.3, 0.4) is 0 Å². The van der Waals surface area contributed by atoms with Crippen LogP contribution in [0.5, 0.6) is 0 Å². The van der Waals surface area contributed by atoms with Gasteiger partial charge in [0.15, 0.2) is 0 Å². The van der Waals surface area contributed by atoms with Gasteiger partial charge in [-0.25, -0.2) is 0 Å². The van der Waals surface area contributed by atoms with E-state index >= 15 is 0 Å². The van der Waals surface area contributed by atoms with E-state index in [1.807, 2.05) is 0 Å². The molecule has 0 aromatic carbocycles. The molecule has 14 heavy (non-hydrogen) atoms. The van der Waals surface area contributed by atoms with Crippen molar-refractivity contribution in [2.24, 2.45) is 0 Å². The van der Waals surface area contributed by atoms with E-state index in [9.17, 15) is 0 Å². The van der Waals surface area contributed by atoms with Crippen molar-refractivity contribution in [2.45, 2.75) is 44.2 Å². The Morgan fingerprint density at radius 2 is 1.93 bits per heavy atom. The standard InChI is InChI=1S/C10H17ClO3/c11-8-9-4-3-7-13-10(14-9)5-1-2-6-12-10/h9H,1-8H2. The molecule has 2 rings (SSSR count). The summed E-state index contributed by atoms with van der Waals surface area (Å²) in [4.78, 5) is 0. The molecule has 0 saturated carbocycles. The molecule has 0 aromatic heterocycles. The average Bonchev–Trinajstić information content (AvgIpc) is 2.42. The van der Waals surface area contributed by atoms with Crippen LogP contribution in [-0.4, -0.2) is 31.2 Å². The number of halogens is 1. The Balaban J connectivity index is 2.00. The summed E-state index contributed by atoms with van der Waals surface area (Å²) in [5.41, 5.74) is 0. The fraction of sp³-hybridized carbons (Fsp3) is 1.00. The van der Waals surface area contributed by atoms with E-state index in [0.29, 0.717) is 12.5 Å². The van der Waals surface area contributed by atoms with Crippen molar-refractivity contribution >= 4 is 11.6 Å².